The first kappa shape index (κ1) is 18.5. The van der Waals surface area contributed by atoms with E-state index < -0.39 is 0 Å². The van der Waals surface area contributed by atoms with Crippen molar-refractivity contribution < 1.29 is 9.13 Å². The minimum atomic E-state index is -0.161. The summed E-state index contributed by atoms with van der Waals surface area (Å²) in [5, 5.41) is 3.73. The Labute approximate surface area is 161 Å². The number of nitrogens with zero attached hydrogens (tertiary/aromatic N) is 1. The van der Waals surface area contributed by atoms with E-state index in [-0.39, 0.29) is 5.82 Å². The molecule has 2 aromatic carbocycles. The van der Waals surface area contributed by atoms with Gasteiger partial charge in [0.15, 0.2) is 0 Å². The maximum Gasteiger partial charge on any atom is 0.123 e. The van der Waals surface area contributed by atoms with Gasteiger partial charge in [0.25, 0.3) is 0 Å². The Balaban J connectivity index is 1.60. The zero-order chi connectivity index (χ0) is 19.0. The van der Waals surface area contributed by atoms with Crippen LogP contribution in [0, 0.1) is 19.7 Å². The topological polar surface area (TPSA) is 24.5 Å². The van der Waals surface area contributed by atoms with E-state index in [1.54, 1.807) is 19.2 Å². The van der Waals surface area contributed by atoms with E-state index in [4.69, 9.17) is 4.74 Å². The number of benzene rings is 2. The predicted molar refractivity (Wildman–Crippen MR) is 107 cm³/mol. The molecule has 0 aliphatic carbocycles. The SMILES string of the molecule is COc1ccc(CN2CCC[C@H]3NC[C@H](c4ccc(F)cc4)[C@H]32)c(C)c1C. The Bertz CT molecular complexity index is 805. The predicted octanol–water partition coefficient (Wildman–Crippen LogP) is 4.17. The highest BCUT2D eigenvalue weighted by Crippen LogP contribution is 2.36. The van der Waals surface area contributed by atoms with Crippen molar-refractivity contribution in [3.8, 4) is 5.75 Å². The lowest BCUT2D eigenvalue weighted by Crippen LogP contribution is -2.49. The van der Waals surface area contributed by atoms with Crippen molar-refractivity contribution in [3.63, 3.8) is 0 Å². The van der Waals surface area contributed by atoms with E-state index in [0.29, 0.717) is 18.0 Å². The second-order valence-corrected chi connectivity index (χ2v) is 7.95. The number of likely N-dealkylation sites (tertiary alicyclic amines) is 1. The second-order valence-electron chi connectivity index (χ2n) is 7.95. The van der Waals surface area contributed by atoms with Crippen molar-refractivity contribution >= 4 is 0 Å². The van der Waals surface area contributed by atoms with Gasteiger partial charge in [-0.25, -0.2) is 4.39 Å². The number of ether oxygens (including phenoxy) is 1. The molecule has 0 amide bonds. The van der Waals surface area contributed by atoms with E-state index in [2.05, 4.69) is 36.2 Å². The average Bonchev–Trinajstić information content (AvgIpc) is 3.11. The first-order chi connectivity index (χ1) is 13.1. The lowest BCUT2D eigenvalue weighted by molar-refractivity contribution is 0.120. The highest BCUT2D eigenvalue weighted by molar-refractivity contribution is 5.43. The molecule has 0 unspecified atom stereocenters. The average molecular weight is 368 g/mol. The van der Waals surface area contributed by atoms with Gasteiger partial charge in [-0.05, 0) is 73.7 Å². The third kappa shape index (κ3) is 3.48. The number of methoxy groups -OCH3 is 1. The molecule has 0 saturated carbocycles. The van der Waals surface area contributed by atoms with Gasteiger partial charge in [-0.2, -0.15) is 0 Å². The summed E-state index contributed by atoms with van der Waals surface area (Å²) in [6.45, 7) is 7.37. The molecule has 2 fully saturated rings. The van der Waals surface area contributed by atoms with Crippen LogP contribution in [-0.2, 0) is 6.54 Å². The number of fused-ring (bicyclic) bond motifs is 1. The quantitative estimate of drug-likeness (QED) is 0.877. The zero-order valence-electron chi connectivity index (χ0n) is 16.5. The maximum absolute atomic E-state index is 13.4. The third-order valence-electron chi connectivity index (χ3n) is 6.55. The molecule has 144 valence electrons. The summed E-state index contributed by atoms with van der Waals surface area (Å²) in [6.07, 6.45) is 2.44. The lowest BCUT2D eigenvalue weighted by Gasteiger charge is -2.40. The number of rotatable bonds is 4. The molecule has 0 radical (unpaired) electrons. The monoisotopic (exact) mass is 368 g/mol. The molecule has 27 heavy (non-hydrogen) atoms. The van der Waals surface area contributed by atoms with Crippen molar-refractivity contribution in [2.45, 2.75) is 51.2 Å². The van der Waals surface area contributed by atoms with Gasteiger partial charge < -0.3 is 10.1 Å². The van der Waals surface area contributed by atoms with Crippen LogP contribution in [0.3, 0.4) is 0 Å². The van der Waals surface area contributed by atoms with Crippen LogP contribution < -0.4 is 10.1 Å². The summed E-state index contributed by atoms with van der Waals surface area (Å²) in [6, 6.07) is 12.4. The third-order valence-corrected chi connectivity index (χ3v) is 6.55. The zero-order valence-corrected chi connectivity index (χ0v) is 16.5. The fraction of sp³-hybridized carbons (Fsp3) is 0.478. The van der Waals surface area contributed by atoms with Crippen molar-refractivity contribution in [1.29, 1.82) is 0 Å². The number of piperidine rings is 1. The summed E-state index contributed by atoms with van der Waals surface area (Å²) < 4.78 is 18.8. The molecule has 1 N–H and O–H groups in total. The Morgan fingerprint density at radius 2 is 1.89 bits per heavy atom. The second kappa shape index (κ2) is 7.61. The van der Waals surface area contributed by atoms with E-state index in [1.807, 2.05) is 12.1 Å². The summed E-state index contributed by atoms with van der Waals surface area (Å²) in [5.41, 5.74) is 5.16. The standard InChI is InChI=1S/C23H29FN2O/c1-15-16(2)22(27-3)11-8-18(15)14-26-12-4-5-21-23(26)20(13-25-21)17-6-9-19(24)10-7-17/h6-11,20-21,23,25H,4-5,12-14H2,1-3H3/t20-,21-,23-/m1/s1. The molecule has 2 heterocycles. The highest BCUT2D eigenvalue weighted by atomic mass is 19.1. The summed E-state index contributed by atoms with van der Waals surface area (Å²) in [4.78, 5) is 2.64. The van der Waals surface area contributed by atoms with Crippen LogP contribution in [0.1, 0.15) is 41.0 Å². The molecule has 4 heteroatoms. The van der Waals surface area contributed by atoms with Crippen LogP contribution in [-0.4, -0.2) is 37.2 Å². The minimum absolute atomic E-state index is 0.161. The molecule has 3 atom stereocenters. The number of hydrogen-bond acceptors (Lipinski definition) is 3. The number of hydrogen-bond donors (Lipinski definition) is 1. The van der Waals surface area contributed by atoms with Crippen LogP contribution in [0.4, 0.5) is 4.39 Å². The Morgan fingerprint density at radius 1 is 1.11 bits per heavy atom. The maximum atomic E-state index is 13.4. The van der Waals surface area contributed by atoms with Crippen molar-refractivity contribution in [1.82, 2.24) is 10.2 Å². The van der Waals surface area contributed by atoms with Gasteiger partial charge >= 0.3 is 0 Å². The van der Waals surface area contributed by atoms with Crippen LogP contribution in [0.15, 0.2) is 36.4 Å². The van der Waals surface area contributed by atoms with E-state index in [9.17, 15) is 4.39 Å². The highest BCUT2D eigenvalue weighted by Gasteiger charge is 2.42. The van der Waals surface area contributed by atoms with Crippen LogP contribution >= 0.6 is 0 Å². The molecule has 3 nitrogen and oxygen atoms in total. The summed E-state index contributed by atoms with van der Waals surface area (Å²) >= 11 is 0. The fourth-order valence-corrected chi connectivity index (χ4v) is 4.92. The Morgan fingerprint density at radius 3 is 2.63 bits per heavy atom. The molecule has 2 aromatic rings. The fourth-order valence-electron chi connectivity index (χ4n) is 4.92. The molecule has 2 saturated heterocycles. The first-order valence-corrected chi connectivity index (χ1v) is 9.94. The minimum Gasteiger partial charge on any atom is -0.496 e. The van der Waals surface area contributed by atoms with E-state index in [0.717, 1.165) is 25.4 Å². The smallest absolute Gasteiger partial charge is 0.123 e. The van der Waals surface area contributed by atoms with Gasteiger partial charge in [-0.1, -0.05) is 18.2 Å². The largest absolute Gasteiger partial charge is 0.496 e. The van der Waals surface area contributed by atoms with Crippen molar-refractivity contribution in [2.24, 2.45) is 0 Å². The molecular weight excluding hydrogens is 339 g/mol. The van der Waals surface area contributed by atoms with Crippen molar-refractivity contribution in [3.05, 3.63) is 64.5 Å². The van der Waals surface area contributed by atoms with Gasteiger partial charge in [-0.3, -0.25) is 4.90 Å². The van der Waals surface area contributed by atoms with Crippen molar-refractivity contribution in [2.75, 3.05) is 20.2 Å². The van der Waals surface area contributed by atoms with E-state index in [1.165, 1.54) is 35.1 Å². The van der Waals surface area contributed by atoms with Crippen LogP contribution in [0.2, 0.25) is 0 Å². The van der Waals surface area contributed by atoms with Gasteiger partial charge in [0, 0.05) is 31.1 Å². The lowest BCUT2D eigenvalue weighted by atomic mass is 9.85. The normalized spacial score (nSPS) is 25.4. The molecule has 0 bridgehead atoms. The number of halogens is 1. The summed E-state index contributed by atoms with van der Waals surface area (Å²) in [5.74, 6) is 1.21. The summed E-state index contributed by atoms with van der Waals surface area (Å²) in [7, 11) is 1.73. The molecule has 0 aromatic heterocycles. The molecule has 0 spiro atoms. The van der Waals surface area contributed by atoms with E-state index >= 15 is 0 Å². The van der Waals surface area contributed by atoms with Crippen LogP contribution in [0.5, 0.6) is 5.75 Å². The van der Waals surface area contributed by atoms with Crippen LogP contribution in [0.25, 0.3) is 0 Å². The molecule has 4 rings (SSSR count). The Kier molecular flexibility index (Phi) is 5.20. The van der Waals surface area contributed by atoms with Gasteiger partial charge in [0.2, 0.25) is 0 Å². The van der Waals surface area contributed by atoms with Gasteiger partial charge in [0.1, 0.15) is 11.6 Å². The number of nitrogens with one attached hydrogen (secondary N) is 1. The van der Waals surface area contributed by atoms with Gasteiger partial charge in [-0.15, -0.1) is 0 Å². The Hall–Kier alpha value is -1.91. The molecule has 2 aliphatic heterocycles. The first-order valence-electron chi connectivity index (χ1n) is 9.94. The molecule has 2 aliphatic rings. The molecular formula is C23H29FN2O. The van der Waals surface area contributed by atoms with Gasteiger partial charge in [0.05, 0.1) is 7.11 Å².